The van der Waals surface area contributed by atoms with E-state index in [2.05, 4.69) is 34.6 Å². The summed E-state index contributed by atoms with van der Waals surface area (Å²) < 4.78 is 19.4. The van der Waals surface area contributed by atoms with Crippen LogP contribution < -0.4 is 0 Å². The Hall–Kier alpha value is -0.400. The lowest BCUT2D eigenvalue weighted by molar-refractivity contribution is -0.331. The Kier molecular flexibility index (Phi) is 7.65. The molecule has 0 aromatic heterocycles. The van der Waals surface area contributed by atoms with Crippen molar-refractivity contribution in [3.8, 4) is 0 Å². The van der Waals surface area contributed by atoms with E-state index in [4.69, 9.17) is 14.2 Å². The van der Waals surface area contributed by atoms with E-state index in [9.17, 15) is 35.7 Å². The first-order valence-electron chi connectivity index (χ1n) is 17.9. The SMILES string of the molecule is CC(C)(O)C1CCC(C)(C2[C@@H](O)C[C@@]3(C)C4C[C@H](OC5OC(CO)C(O)C(O)C5O)C5C(C)(C)[C@@H](O)CCC56CC46CC[C@]23C)O1. The minimum atomic E-state index is -1.53. The third-order valence-corrected chi connectivity index (χ3v) is 15.9. The van der Waals surface area contributed by atoms with Crippen LogP contribution in [0.25, 0.3) is 0 Å². The van der Waals surface area contributed by atoms with E-state index in [0.29, 0.717) is 19.3 Å². The van der Waals surface area contributed by atoms with Crippen molar-refractivity contribution in [1.82, 2.24) is 0 Å². The van der Waals surface area contributed by atoms with E-state index in [1.165, 1.54) is 0 Å². The maximum absolute atomic E-state index is 12.0. The highest BCUT2D eigenvalue weighted by atomic mass is 16.7. The van der Waals surface area contributed by atoms with Crippen molar-refractivity contribution < 1.29 is 50.0 Å². The highest BCUT2D eigenvalue weighted by Crippen LogP contribution is 2.89. The minimum absolute atomic E-state index is 0.0225. The third-order valence-electron chi connectivity index (χ3n) is 15.9. The molecule has 2 spiro atoms. The molecule has 12 unspecified atom stereocenters. The van der Waals surface area contributed by atoms with Gasteiger partial charge in [0.15, 0.2) is 6.29 Å². The van der Waals surface area contributed by atoms with E-state index >= 15 is 0 Å². The van der Waals surface area contributed by atoms with E-state index in [-0.39, 0.29) is 45.5 Å². The zero-order valence-corrected chi connectivity index (χ0v) is 28.9. The number of hydrogen-bond donors (Lipinski definition) is 7. The molecule has 2 saturated heterocycles. The summed E-state index contributed by atoms with van der Waals surface area (Å²) in [6, 6.07) is 0. The Morgan fingerprint density at radius 1 is 0.804 bits per heavy atom. The van der Waals surface area contributed by atoms with Crippen molar-refractivity contribution in [1.29, 1.82) is 0 Å². The fourth-order valence-electron chi connectivity index (χ4n) is 13.6. The van der Waals surface area contributed by atoms with Gasteiger partial charge in [-0.05, 0) is 117 Å². The van der Waals surface area contributed by atoms with Crippen molar-refractivity contribution in [3.63, 3.8) is 0 Å². The molecule has 264 valence electrons. The minimum Gasteiger partial charge on any atom is -0.394 e. The summed E-state index contributed by atoms with van der Waals surface area (Å²) in [7, 11) is 0. The fraction of sp³-hybridized carbons (Fsp3) is 1.00. The zero-order valence-electron chi connectivity index (χ0n) is 28.9. The van der Waals surface area contributed by atoms with E-state index < -0.39 is 72.2 Å². The van der Waals surface area contributed by atoms with Gasteiger partial charge in [-0.2, -0.15) is 0 Å². The number of aliphatic hydroxyl groups excluding tert-OH is 6. The van der Waals surface area contributed by atoms with Crippen LogP contribution in [-0.2, 0) is 14.2 Å². The van der Waals surface area contributed by atoms with Crippen LogP contribution in [0.5, 0.6) is 0 Å². The average Bonchev–Trinajstić information content (AvgIpc) is 3.33. The van der Waals surface area contributed by atoms with Gasteiger partial charge in [0, 0.05) is 5.92 Å². The maximum atomic E-state index is 12.0. The van der Waals surface area contributed by atoms with Crippen LogP contribution in [0.4, 0.5) is 0 Å². The van der Waals surface area contributed by atoms with Gasteiger partial charge in [-0.1, -0.05) is 27.7 Å². The predicted molar refractivity (Wildman–Crippen MR) is 167 cm³/mol. The molecule has 7 aliphatic rings. The summed E-state index contributed by atoms with van der Waals surface area (Å²) in [5.41, 5.74) is -2.50. The molecule has 17 atom stereocenters. The lowest BCUT2D eigenvalue weighted by Gasteiger charge is -2.65. The van der Waals surface area contributed by atoms with Crippen molar-refractivity contribution in [2.45, 2.75) is 173 Å². The first kappa shape index (κ1) is 34.1. The summed E-state index contributed by atoms with van der Waals surface area (Å²) >= 11 is 0. The average molecular weight is 653 g/mol. The Bertz CT molecular complexity index is 1200. The topological polar surface area (TPSA) is 169 Å². The monoisotopic (exact) mass is 652 g/mol. The van der Waals surface area contributed by atoms with E-state index in [1.807, 2.05) is 0 Å². The van der Waals surface area contributed by atoms with Gasteiger partial charge in [0.25, 0.3) is 0 Å². The molecule has 2 aliphatic heterocycles. The van der Waals surface area contributed by atoms with Crippen LogP contribution in [0.15, 0.2) is 0 Å². The lowest BCUT2D eigenvalue weighted by Crippen LogP contribution is -2.64. The highest BCUT2D eigenvalue weighted by Gasteiger charge is 2.85. The van der Waals surface area contributed by atoms with Crippen LogP contribution in [0, 0.1) is 44.8 Å². The standard InChI is InChI=1S/C36H60O10/c1-30(2)22(39)8-11-36-17-35(36)13-12-32(5)27(34(7)10-9-23(46-34)31(3,4)43)18(38)15-33(32,6)21(35)14-19(28(30)36)44-29-26(42)25(41)24(40)20(16-37)45-29/h18-29,37-43H,8-17H2,1-7H3/t18-,19-,20?,21?,22-,23?,24?,25?,26?,27?,28?,29?,32+,33-,34?,35?,36?/m0/s1. The summed E-state index contributed by atoms with van der Waals surface area (Å²) in [5, 5.41) is 76.2. The van der Waals surface area contributed by atoms with Gasteiger partial charge in [-0.25, -0.2) is 0 Å². The van der Waals surface area contributed by atoms with Crippen molar-refractivity contribution >= 4 is 0 Å². The number of hydrogen-bond acceptors (Lipinski definition) is 10. The Morgan fingerprint density at radius 2 is 1.50 bits per heavy atom. The first-order valence-corrected chi connectivity index (χ1v) is 17.9. The summed E-state index contributed by atoms with van der Waals surface area (Å²) in [4.78, 5) is 0. The molecule has 10 heteroatoms. The number of rotatable bonds is 5. The van der Waals surface area contributed by atoms with Crippen LogP contribution in [0.2, 0.25) is 0 Å². The summed E-state index contributed by atoms with van der Waals surface area (Å²) in [6.45, 7) is 14.2. The molecule has 0 bridgehead atoms. The molecule has 7 N–H and O–H groups in total. The van der Waals surface area contributed by atoms with Gasteiger partial charge in [0.05, 0.1) is 42.2 Å². The van der Waals surface area contributed by atoms with Gasteiger partial charge in [0.1, 0.15) is 24.4 Å². The zero-order chi connectivity index (χ0) is 33.6. The molecule has 0 aromatic carbocycles. The van der Waals surface area contributed by atoms with Crippen molar-refractivity contribution in [2.24, 2.45) is 44.8 Å². The first-order chi connectivity index (χ1) is 21.2. The highest BCUT2D eigenvalue weighted by molar-refractivity contribution is 5.33. The molecule has 0 aromatic rings. The van der Waals surface area contributed by atoms with Crippen LogP contribution in [0.3, 0.4) is 0 Å². The normalized spacial score (nSPS) is 59.3. The van der Waals surface area contributed by atoms with E-state index in [1.54, 1.807) is 13.8 Å². The van der Waals surface area contributed by atoms with Crippen LogP contribution in [0.1, 0.15) is 106 Å². The second kappa shape index (κ2) is 10.3. The van der Waals surface area contributed by atoms with Crippen LogP contribution in [-0.4, -0.2) is 109 Å². The Balaban J connectivity index is 1.26. The quantitative estimate of drug-likeness (QED) is 0.219. The lowest BCUT2D eigenvalue weighted by atomic mass is 9.41. The number of aliphatic hydroxyl groups is 7. The molecule has 7 fully saturated rings. The fourth-order valence-corrected chi connectivity index (χ4v) is 13.6. The second-order valence-corrected chi connectivity index (χ2v) is 18.7. The summed E-state index contributed by atoms with van der Waals surface area (Å²) in [5.74, 6) is 0.0768. The molecule has 0 radical (unpaired) electrons. The molecule has 7 rings (SSSR count). The molecule has 0 amide bonds. The second-order valence-electron chi connectivity index (χ2n) is 18.7. The number of fused-ring (bicyclic) bond motifs is 2. The van der Waals surface area contributed by atoms with E-state index in [0.717, 1.165) is 38.5 Å². The molecular weight excluding hydrogens is 592 g/mol. The van der Waals surface area contributed by atoms with Gasteiger partial charge in [-0.3, -0.25) is 0 Å². The molecular formula is C36H60O10. The van der Waals surface area contributed by atoms with Crippen molar-refractivity contribution in [3.05, 3.63) is 0 Å². The van der Waals surface area contributed by atoms with Gasteiger partial charge in [0.2, 0.25) is 0 Å². The third kappa shape index (κ3) is 4.24. The molecule has 2 heterocycles. The Morgan fingerprint density at radius 3 is 2.13 bits per heavy atom. The van der Waals surface area contributed by atoms with Crippen LogP contribution >= 0.6 is 0 Å². The molecule has 5 saturated carbocycles. The predicted octanol–water partition coefficient (Wildman–Crippen LogP) is 2.26. The largest absolute Gasteiger partial charge is 0.394 e. The van der Waals surface area contributed by atoms with Crippen molar-refractivity contribution in [2.75, 3.05) is 6.61 Å². The smallest absolute Gasteiger partial charge is 0.186 e. The number of ether oxygens (including phenoxy) is 3. The van der Waals surface area contributed by atoms with Gasteiger partial charge >= 0.3 is 0 Å². The molecule has 10 nitrogen and oxygen atoms in total. The Labute approximate surface area is 273 Å². The molecule has 5 aliphatic carbocycles. The van der Waals surface area contributed by atoms with Gasteiger partial charge < -0.3 is 50.0 Å². The molecule has 46 heavy (non-hydrogen) atoms. The maximum Gasteiger partial charge on any atom is 0.186 e. The summed E-state index contributed by atoms with van der Waals surface area (Å²) in [6.07, 6.45) is -1.07. The van der Waals surface area contributed by atoms with Gasteiger partial charge in [-0.15, -0.1) is 0 Å².